The number of ether oxygens (including phenoxy) is 1. The molecule has 2 amide bonds. The van der Waals surface area contributed by atoms with Crippen molar-refractivity contribution in [3.63, 3.8) is 0 Å². The van der Waals surface area contributed by atoms with Gasteiger partial charge in [-0.15, -0.1) is 0 Å². The van der Waals surface area contributed by atoms with E-state index in [-0.39, 0.29) is 35.5 Å². The Hall–Kier alpha value is -4.06. The maximum absolute atomic E-state index is 14.2. The van der Waals surface area contributed by atoms with E-state index in [1.54, 1.807) is 37.3 Å². The average molecular weight is 646 g/mol. The molecule has 0 spiro atoms. The van der Waals surface area contributed by atoms with E-state index in [1.165, 1.54) is 42.3 Å². The van der Waals surface area contributed by atoms with E-state index >= 15 is 0 Å². The fraction of sp³-hybridized carbons (Fsp3) is 0.394. The van der Waals surface area contributed by atoms with Crippen LogP contribution >= 0.6 is 0 Å². The first-order valence-electron chi connectivity index (χ1n) is 14.9. The Balaban J connectivity index is 1.75. The van der Waals surface area contributed by atoms with Crippen molar-refractivity contribution in [2.75, 3.05) is 18.0 Å². The van der Waals surface area contributed by atoms with Crippen LogP contribution in [0.15, 0.2) is 83.8 Å². The fourth-order valence-electron chi connectivity index (χ4n) is 5.52. The van der Waals surface area contributed by atoms with Gasteiger partial charge < -0.3 is 15.0 Å². The molecule has 0 heterocycles. The second kappa shape index (κ2) is 14.8. The number of hydrogen-bond acceptors (Lipinski definition) is 5. The molecule has 0 radical (unpaired) electrons. The lowest BCUT2D eigenvalue weighted by molar-refractivity contribution is -0.140. The highest BCUT2D eigenvalue weighted by Gasteiger charge is 2.36. The molecule has 0 saturated heterocycles. The normalized spacial score (nSPS) is 14.8. The van der Waals surface area contributed by atoms with E-state index < -0.39 is 40.3 Å². The third-order valence-corrected chi connectivity index (χ3v) is 9.68. The van der Waals surface area contributed by atoms with Crippen molar-refractivity contribution in [3.05, 3.63) is 90.0 Å². The molecule has 1 atom stereocenters. The molecule has 1 aliphatic carbocycles. The summed E-state index contributed by atoms with van der Waals surface area (Å²) in [7, 11) is -3.01. The van der Waals surface area contributed by atoms with Crippen LogP contribution in [0.5, 0.6) is 5.75 Å². The van der Waals surface area contributed by atoms with Gasteiger partial charge in [-0.25, -0.2) is 8.42 Å². The highest BCUT2D eigenvalue weighted by molar-refractivity contribution is 7.92. The Kier molecular flexibility index (Phi) is 11.1. The molecule has 45 heavy (non-hydrogen) atoms. The molecular weight excluding hydrogens is 607 g/mol. The number of carbonyl (C=O) groups excluding carboxylic acids is 2. The number of nitrogens with zero attached hydrogens (tertiary/aromatic N) is 2. The van der Waals surface area contributed by atoms with Crippen LogP contribution in [0.1, 0.15) is 56.6 Å². The Bertz CT molecular complexity index is 1560. The number of rotatable bonds is 12. The molecular formula is C33H38F3N3O5S. The SMILES string of the molecule is CCC(C(=O)NC1CCCCC1)N(Cc1cccc(OC)c1)C(=O)CN(c1cccc(C(F)(F)F)c1)S(=O)(=O)c1ccccc1. The van der Waals surface area contributed by atoms with Crippen molar-refractivity contribution in [1.82, 2.24) is 10.2 Å². The van der Waals surface area contributed by atoms with E-state index in [9.17, 15) is 31.2 Å². The standard InChI is InChI=1S/C33H38F3N3O5S/c1-3-30(32(41)37-26-14-6-4-7-15-26)38(22-24-12-10-17-28(20-24)44-2)31(40)23-39(45(42,43)29-18-8-5-9-19-29)27-16-11-13-25(21-27)33(34,35)36/h5,8-13,16-21,26,30H,3-4,6-7,14-15,22-23H2,1-2H3,(H,37,41). The molecule has 8 nitrogen and oxygen atoms in total. The number of hydrogen-bond donors (Lipinski definition) is 1. The van der Waals surface area contributed by atoms with Crippen LogP contribution < -0.4 is 14.4 Å². The number of amides is 2. The van der Waals surface area contributed by atoms with Gasteiger partial charge in [-0.2, -0.15) is 13.2 Å². The third kappa shape index (κ3) is 8.56. The first-order chi connectivity index (χ1) is 21.4. The minimum atomic E-state index is -4.74. The van der Waals surface area contributed by atoms with Crippen LogP contribution in [0, 0.1) is 0 Å². The predicted octanol–water partition coefficient (Wildman–Crippen LogP) is 6.17. The topological polar surface area (TPSA) is 96.0 Å². The Labute approximate surface area is 262 Å². The highest BCUT2D eigenvalue weighted by Crippen LogP contribution is 2.33. The van der Waals surface area contributed by atoms with Gasteiger partial charge in [0, 0.05) is 12.6 Å². The van der Waals surface area contributed by atoms with Crippen molar-refractivity contribution in [1.29, 1.82) is 0 Å². The van der Waals surface area contributed by atoms with Crippen LogP contribution in [-0.4, -0.2) is 50.9 Å². The van der Waals surface area contributed by atoms with E-state index in [0.717, 1.165) is 44.2 Å². The maximum atomic E-state index is 14.2. The smallest absolute Gasteiger partial charge is 0.416 e. The minimum absolute atomic E-state index is 0.0332. The number of methoxy groups -OCH3 is 1. The molecule has 4 rings (SSSR count). The van der Waals surface area contributed by atoms with Gasteiger partial charge in [-0.3, -0.25) is 13.9 Å². The van der Waals surface area contributed by atoms with Crippen LogP contribution in [0.3, 0.4) is 0 Å². The largest absolute Gasteiger partial charge is 0.497 e. The summed E-state index contributed by atoms with van der Waals surface area (Å²) in [5, 5.41) is 3.06. The first kappa shape index (κ1) is 33.8. The monoisotopic (exact) mass is 645 g/mol. The molecule has 1 unspecified atom stereocenters. The van der Waals surface area contributed by atoms with Crippen LogP contribution in [-0.2, 0) is 32.3 Å². The van der Waals surface area contributed by atoms with Crippen molar-refractivity contribution >= 4 is 27.5 Å². The number of carbonyl (C=O) groups is 2. The van der Waals surface area contributed by atoms with E-state index in [2.05, 4.69) is 5.32 Å². The number of sulfonamides is 1. The van der Waals surface area contributed by atoms with Crippen molar-refractivity contribution in [3.8, 4) is 5.75 Å². The number of anilines is 1. The summed E-state index contributed by atoms with van der Waals surface area (Å²) >= 11 is 0. The van der Waals surface area contributed by atoms with Gasteiger partial charge >= 0.3 is 6.18 Å². The number of alkyl halides is 3. The quantitative estimate of drug-likeness (QED) is 0.254. The average Bonchev–Trinajstić information content (AvgIpc) is 3.04. The maximum Gasteiger partial charge on any atom is 0.416 e. The fourth-order valence-corrected chi connectivity index (χ4v) is 6.94. The molecule has 0 bridgehead atoms. The Morgan fingerprint density at radius 3 is 2.29 bits per heavy atom. The summed E-state index contributed by atoms with van der Waals surface area (Å²) in [6.07, 6.45) is 0.184. The molecule has 0 aromatic heterocycles. The molecule has 1 fully saturated rings. The summed E-state index contributed by atoms with van der Waals surface area (Å²) < 4.78 is 74.9. The summed E-state index contributed by atoms with van der Waals surface area (Å²) in [6, 6.07) is 16.9. The summed E-state index contributed by atoms with van der Waals surface area (Å²) in [6.45, 7) is 0.854. The lowest BCUT2D eigenvalue weighted by atomic mass is 9.95. The lowest BCUT2D eigenvalue weighted by Gasteiger charge is -2.34. The molecule has 1 aliphatic rings. The predicted molar refractivity (Wildman–Crippen MR) is 165 cm³/mol. The number of nitrogens with one attached hydrogen (secondary N) is 1. The third-order valence-electron chi connectivity index (χ3n) is 7.90. The molecule has 242 valence electrons. The van der Waals surface area contributed by atoms with E-state index in [4.69, 9.17) is 4.74 Å². The van der Waals surface area contributed by atoms with E-state index in [0.29, 0.717) is 21.7 Å². The van der Waals surface area contributed by atoms with Crippen LogP contribution in [0.4, 0.5) is 18.9 Å². The van der Waals surface area contributed by atoms with E-state index in [1.807, 2.05) is 0 Å². The Morgan fingerprint density at radius 2 is 1.64 bits per heavy atom. The summed E-state index contributed by atoms with van der Waals surface area (Å²) in [5.41, 5.74) is -0.765. The molecule has 1 N–H and O–H groups in total. The zero-order valence-corrected chi connectivity index (χ0v) is 26.1. The second-order valence-corrected chi connectivity index (χ2v) is 12.9. The van der Waals surface area contributed by atoms with Crippen LogP contribution in [0.2, 0.25) is 0 Å². The van der Waals surface area contributed by atoms with Crippen LogP contribution in [0.25, 0.3) is 0 Å². The highest BCUT2D eigenvalue weighted by atomic mass is 32.2. The number of benzene rings is 3. The molecule has 0 aliphatic heterocycles. The van der Waals surface area contributed by atoms with Crippen molar-refractivity contribution in [2.45, 2.75) is 75.1 Å². The van der Waals surface area contributed by atoms with Crippen molar-refractivity contribution in [2.24, 2.45) is 0 Å². The van der Waals surface area contributed by atoms with Gasteiger partial charge in [0.25, 0.3) is 10.0 Å². The van der Waals surface area contributed by atoms with Gasteiger partial charge in [0.05, 0.1) is 23.3 Å². The zero-order valence-electron chi connectivity index (χ0n) is 25.3. The number of halogens is 3. The van der Waals surface area contributed by atoms with Crippen molar-refractivity contribution < 1.29 is 35.9 Å². The summed E-state index contributed by atoms with van der Waals surface area (Å²) in [5.74, 6) is -0.589. The second-order valence-electron chi connectivity index (χ2n) is 11.0. The summed E-state index contributed by atoms with van der Waals surface area (Å²) in [4.78, 5) is 29.0. The molecule has 3 aromatic carbocycles. The molecule has 12 heteroatoms. The van der Waals surface area contributed by atoms with Gasteiger partial charge in [-0.05, 0) is 67.3 Å². The molecule has 3 aromatic rings. The van der Waals surface area contributed by atoms with Gasteiger partial charge in [0.1, 0.15) is 18.3 Å². The lowest BCUT2D eigenvalue weighted by Crippen LogP contribution is -2.54. The first-order valence-corrected chi connectivity index (χ1v) is 16.4. The van der Waals surface area contributed by atoms with Gasteiger partial charge in [0.15, 0.2) is 0 Å². The van der Waals surface area contributed by atoms with Gasteiger partial charge in [0.2, 0.25) is 11.8 Å². The van der Waals surface area contributed by atoms with Gasteiger partial charge in [-0.1, -0.05) is 62.6 Å². The zero-order chi connectivity index (χ0) is 32.6. The Morgan fingerprint density at radius 1 is 0.956 bits per heavy atom. The minimum Gasteiger partial charge on any atom is -0.497 e. The molecule has 1 saturated carbocycles.